The minimum absolute atomic E-state index is 0.0165. The lowest BCUT2D eigenvalue weighted by molar-refractivity contribution is -0.122. The van der Waals surface area contributed by atoms with E-state index in [1.165, 1.54) is 24.1 Å². The van der Waals surface area contributed by atoms with Gasteiger partial charge in [-0.3, -0.25) is 9.59 Å². The molecule has 0 bridgehead atoms. The van der Waals surface area contributed by atoms with Crippen molar-refractivity contribution in [2.45, 2.75) is 69.7 Å². The molecule has 0 saturated heterocycles. The van der Waals surface area contributed by atoms with Crippen molar-refractivity contribution < 1.29 is 9.59 Å². The zero-order chi connectivity index (χ0) is 23.7. The third-order valence-corrected chi connectivity index (χ3v) is 7.67. The van der Waals surface area contributed by atoms with Gasteiger partial charge in [-0.1, -0.05) is 24.3 Å². The second kappa shape index (κ2) is 9.72. The minimum Gasteiger partial charge on any atom is -0.362 e. The Labute approximate surface area is 201 Å². The molecule has 1 fully saturated rings. The smallest absolute Gasteiger partial charge is 0.228 e. The molecule has 0 radical (unpaired) electrons. The van der Waals surface area contributed by atoms with Crippen LogP contribution >= 0.6 is 0 Å². The maximum Gasteiger partial charge on any atom is 0.228 e. The lowest BCUT2D eigenvalue weighted by Crippen LogP contribution is -2.36. The second-order valence-corrected chi connectivity index (χ2v) is 10.3. The Morgan fingerprint density at radius 1 is 1.06 bits per heavy atom. The molecule has 34 heavy (non-hydrogen) atoms. The highest BCUT2D eigenvalue weighted by atomic mass is 16.2. The number of benzene rings is 1. The average molecular weight is 462 g/mol. The van der Waals surface area contributed by atoms with Crippen LogP contribution in [-0.4, -0.2) is 48.3 Å². The van der Waals surface area contributed by atoms with E-state index in [2.05, 4.69) is 29.6 Å². The largest absolute Gasteiger partial charge is 0.362 e. The highest BCUT2D eigenvalue weighted by Gasteiger charge is 2.34. The van der Waals surface area contributed by atoms with E-state index in [1.807, 2.05) is 24.3 Å². The predicted molar refractivity (Wildman–Crippen MR) is 134 cm³/mol. The molecule has 1 heterocycles. The van der Waals surface area contributed by atoms with Crippen molar-refractivity contribution >= 4 is 23.5 Å². The maximum atomic E-state index is 12.8. The topological polar surface area (TPSA) is 87.2 Å². The van der Waals surface area contributed by atoms with Gasteiger partial charge < -0.3 is 15.5 Å². The molecule has 1 amide bonds. The molecule has 3 aliphatic rings. The summed E-state index contributed by atoms with van der Waals surface area (Å²) < 4.78 is 0. The minimum atomic E-state index is -0.339. The number of aryl methyl sites for hydroxylation is 1. The van der Waals surface area contributed by atoms with Gasteiger partial charge in [-0.05, 0) is 62.8 Å². The molecular weight excluding hydrogens is 426 g/mol. The van der Waals surface area contributed by atoms with Crippen molar-refractivity contribution in [3.63, 3.8) is 0 Å². The number of anilines is 2. The van der Waals surface area contributed by atoms with Crippen molar-refractivity contribution in [1.29, 1.82) is 0 Å². The van der Waals surface area contributed by atoms with Crippen LogP contribution in [0, 0.1) is 5.92 Å². The van der Waals surface area contributed by atoms with Gasteiger partial charge in [0.2, 0.25) is 11.9 Å². The molecule has 1 aromatic carbocycles. The number of carbonyl (C=O) groups is 2. The summed E-state index contributed by atoms with van der Waals surface area (Å²) >= 11 is 0. The van der Waals surface area contributed by atoms with Crippen molar-refractivity contribution in [1.82, 2.24) is 15.3 Å². The highest BCUT2D eigenvalue weighted by molar-refractivity contribution is 6.06. The molecule has 1 saturated carbocycles. The number of ketones is 1. The van der Waals surface area contributed by atoms with Gasteiger partial charge in [0.1, 0.15) is 5.82 Å². The van der Waals surface area contributed by atoms with Crippen molar-refractivity contribution in [2.24, 2.45) is 5.92 Å². The van der Waals surface area contributed by atoms with Gasteiger partial charge in [-0.25, -0.2) is 4.98 Å². The fraction of sp³-hybridized carbons (Fsp3) is 0.556. The number of hydrogen-bond acceptors (Lipinski definition) is 6. The van der Waals surface area contributed by atoms with Crippen LogP contribution in [0.4, 0.5) is 11.8 Å². The number of hydrogen-bond donors (Lipinski definition) is 2. The molecule has 7 heteroatoms. The molecule has 3 aliphatic carbocycles. The molecule has 0 aliphatic heterocycles. The normalized spacial score (nSPS) is 23.7. The number of nitrogens with one attached hydrogen (secondary N) is 2. The first kappa shape index (κ1) is 22.8. The van der Waals surface area contributed by atoms with Gasteiger partial charge in [-0.2, -0.15) is 4.98 Å². The zero-order valence-electron chi connectivity index (χ0n) is 20.3. The number of aromatic nitrogens is 2. The Hall–Kier alpha value is -2.96. The molecule has 1 unspecified atom stereocenters. The van der Waals surface area contributed by atoms with Crippen LogP contribution in [0.25, 0.3) is 0 Å². The molecule has 7 nitrogen and oxygen atoms in total. The van der Waals surface area contributed by atoms with E-state index < -0.39 is 0 Å². The summed E-state index contributed by atoms with van der Waals surface area (Å²) in [5.41, 5.74) is 4.10. The lowest BCUT2D eigenvalue weighted by Gasteiger charge is -2.30. The molecular formula is C27H35N5O2. The van der Waals surface area contributed by atoms with E-state index in [-0.39, 0.29) is 24.0 Å². The Balaban J connectivity index is 1.13. The molecule has 180 valence electrons. The van der Waals surface area contributed by atoms with Crippen LogP contribution in [0.3, 0.4) is 0 Å². The summed E-state index contributed by atoms with van der Waals surface area (Å²) in [4.78, 5) is 36.8. The van der Waals surface area contributed by atoms with E-state index in [1.54, 1.807) is 0 Å². The van der Waals surface area contributed by atoms with E-state index in [9.17, 15) is 9.59 Å². The molecule has 1 aromatic heterocycles. The lowest BCUT2D eigenvalue weighted by atomic mass is 9.86. The van der Waals surface area contributed by atoms with Gasteiger partial charge in [-0.15, -0.1) is 0 Å². The standard InChI is InChI=1S/C27H35N5O2/c1-32(2)25-21-9-5-6-10-23(21)30-27(31-25)29-18-13-11-17(12-14-18)16-28-26(34)22-15-24(33)20-8-4-3-7-19(20)22/h3-4,7-8,17-18,22H,5-6,9-16H2,1-2H3,(H,28,34)(H,29,30,31)/t17-,18+,22?. The van der Waals surface area contributed by atoms with Gasteiger partial charge in [0.15, 0.2) is 5.78 Å². The average Bonchev–Trinajstić information content (AvgIpc) is 3.19. The molecule has 2 aromatic rings. The number of Topliss-reactive ketones (excluding diaryl/α,β-unsaturated/α-hetero) is 1. The summed E-state index contributed by atoms with van der Waals surface area (Å²) in [7, 11) is 4.11. The molecule has 0 spiro atoms. The Bertz CT molecular complexity index is 1070. The Morgan fingerprint density at radius 3 is 2.62 bits per heavy atom. The van der Waals surface area contributed by atoms with Gasteiger partial charge in [0, 0.05) is 44.2 Å². The van der Waals surface area contributed by atoms with Crippen LogP contribution < -0.4 is 15.5 Å². The van der Waals surface area contributed by atoms with Crippen LogP contribution in [0.1, 0.15) is 78.0 Å². The SMILES string of the molecule is CN(C)c1nc(N[C@H]2CC[C@@H](CNC(=O)C3CC(=O)c4ccccc43)CC2)nc2c1CCCC2. The van der Waals surface area contributed by atoms with Gasteiger partial charge in [0.05, 0.1) is 11.6 Å². The Morgan fingerprint density at radius 2 is 1.82 bits per heavy atom. The number of nitrogens with zero attached hydrogens (tertiary/aromatic N) is 3. The van der Waals surface area contributed by atoms with Crippen LogP contribution in [0.5, 0.6) is 0 Å². The fourth-order valence-corrected chi connectivity index (χ4v) is 5.76. The second-order valence-electron chi connectivity index (χ2n) is 10.3. The number of rotatable bonds is 6. The van der Waals surface area contributed by atoms with Crippen LogP contribution in [0.15, 0.2) is 24.3 Å². The monoisotopic (exact) mass is 461 g/mol. The van der Waals surface area contributed by atoms with E-state index >= 15 is 0 Å². The summed E-state index contributed by atoms with van der Waals surface area (Å²) in [5, 5.41) is 6.73. The molecule has 5 rings (SSSR count). The highest BCUT2D eigenvalue weighted by Crippen LogP contribution is 2.34. The predicted octanol–water partition coefficient (Wildman–Crippen LogP) is 3.88. The number of fused-ring (bicyclic) bond motifs is 2. The first-order valence-corrected chi connectivity index (χ1v) is 12.7. The van der Waals surface area contributed by atoms with E-state index in [0.29, 0.717) is 24.1 Å². The van der Waals surface area contributed by atoms with E-state index in [0.717, 1.165) is 55.9 Å². The first-order chi connectivity index (χ1) is 16.5. The van der Waals surface area contributed by atoms with Crippen molar-refractivity contribution in [2.75, 3.05) is 30.9 Å². The zero-order valence-corrected chi connectivity index (χ0v) is 20.3. The van der Waals surface area contributed by atoms with Crippen molar-refractivity contribution in [3.8, 4) is 0 Å². The van der Waals surface area contributed by atoms with Crippen LogP contribution in [-0.2, 0) is 17.6 Å². The summed E-state index contributed by atoms with van der Waals surface area (Å²) in [6.07, 6.45) is 9.02. The Kier molecular flexibility index (Phi) is 6.53. The summed E-state index contributed by atoms with van der Waals surface area (Å²) in [6.45, 7) is 0.679. The van der Waals surface area contributed by atoms with E-state index in [4.69, 9.17) is 9.97 Å². The van der Waals surface area contributed by atoms with Crippen molar-refractivity contribution in [3.05, 3.63) is 46.6 Å². The molecule has 2 N–H and O–H groups in total. The quantitative estimate of drug-likeness (QED) is 0.679. The fourth-order valence-electron chi connectivity index (χ4n) is 5.76. The maximum absolute atomic E-state index is 12.8. The number of carbonyl (C=O) groups excluding carboxylic acids is 2. The number of amides is 1. The third-order valence-electron chi connectivity index (χ3n) is 7.67. The van der Waals surface area contributed by atoms with Gasteiger partial charge in [0.25, 0.3) is 0 Å². The van der Waals surface area contributed by atoms with Gasteiger partial charge >= 0.3 is 0 Å². The summed E-state index contributed by atoms with van der Waals surface area (Å²) in [5.74, 6) is 1.99. The van der Waals surface area contributed by atoms with Crippen LogP contribution in [0.2, 0.25) is 0 Å². The summed E-state index contributed by atoms with van der Waals surface area (Å²) in [6, 6.07) is 7.86. The first-order valence-electron chi connectivity index (χ1n) is 12.7. The third kappa shape index (κ3) is 4.65. The molecule has 1 atom stereocenters.